The summed E-state index contributed by atoms with van der Waals surface area (Å²) in [5.74, 6) is -0.848. The third-order valence-corrected chi connectivity index (χ3v) is 6.57. The summed E-state index contributed by atoms with van der Waals surface area (Å²) < 4.78 is 93.0. The Hall–Kier alpha value is -2.62. The van der Waals surface area contributed by atoms with Gasteiger partial charge in [0.1, 0.15) is 5.82 Å². The molecule has 186 valence electrons. The Morgan fingerprint density at radius 2 is 1.47 bits per heavy atom. The number of carbonyl (C=O) groups excluding carboxylic acids is 1. The second kappa shape index (κ2) is 9.56. The van der Waals surface area contributed by atoms with E-state index in [0.29, 0.717) is 38.1 Å². The minimum atomic E-state index is -4.97. The van der Waals surface area contributed by atoms with Crippen LogP contribution in [0.5, 0.6) is 0 Å². The van der Waals surface area contributed by atoms with Gasteiger partial charge in [0.25, 0.3) is 0 Å². The van der Waals surface area contributed by atoms with E-state index in [1.807, 2.05) is 0 Å². The van der Waals surface area contributed by atoms with E-state index in [2.05, 4.69) is 5.32 Å². The summed E-state index contributed by atoms with van der Waals surface area (Å²) in [6.07, 6.45) is -8.80. The molecule has 3 nitrogen and oxygen atoms in total. The van der Waals surface area contributed by atoms with Gasteiger partial charge in [-0.15, -0.1) is 0 Å². The first-order valence-electron chi connectivity index (χ1n) is 10.7. The quantitative estimate of drug-likeness (QED) is 0.515. The SMILES string of the molecule is C[C@@H](c1cc(C(F)(F)F)cc(C(F)(F)F)c1)N(C)C(=O)CC1(c2ccc(F)cc2)CCNCC1. The molecule has 2 aromatic carbocycles. The number of amides is 1. The Morgan fingerprint density at radius 1 is 0.971 bits per heavy atom. The van der Waals surface area contributed by atoms with E-state index in [0.717, 1.165) is 5.56 Å². The fraction of sp³-hybridized carbons (Fsp3) is 0.458. The molecule has 1 aliphatic heterocycles. The summed E-state index contributed by atoms with van der Waals surface area (Å²) in [4.78, 5) is 14.4. The van der Waals surface area contributed by atoms with Crippen molar-refractivity contribution in [3.63, 3.8) is 0 Å². The van der Waals surface area contributed by atoms with Crippen LogP contribution >= 0.6 is 0 Å². The molecule has 0 bridgehead atoms. The zero-order valence-corrected chi connectivity index (χ0v) is 18.7. The lowest BCUT2D eigenvalue weighted by atomic mass is 9.70. The highest BCUT2D eigenvalue weighted by atomic mass is 19.4. The fourth-order valence-electron chi connectivity index (χ4n) is 4.35. The number of nitrogens with one attached hydrogen (secondary N) is 1. The minimum Gasteiger partial charge on any atom is -0.339 e. The number of hydrogen-bond acceptors (Lipinski definition) is 2. The topological polar surface area (TPSA) is 32.3 Å². The van der Waals surface area contributed by atoms with Gasteiger partial charge >= 0.3 is 12.4 Å². The molecule has 0 saturated carbocycles. The second-order valence-electron chi connectivity index (χ2n) is 8.73. The van der Waals surface area contributed by atoms with Gasteiger partial charge in [-0.3, -0.25) is 4.79 Å². The summed E-state index contributed by atoms with van der Waals surface area (Å²) in [5.41, 5.74) is -2.96. The van der Waals surface area contributed by atoms with Crippen LogP contribution < -0.4 is 5.32 Å². The molecule has 34 heavy (non-hydrogen) atoms. The maximum absolute atomic E-state index is 13.4. The van der Waals surface area contributed by atoms with Crippen LogP contribution in [0, 0.1) is 5.82 Å². The molecule has 10 heteroatoms. The van der Waals surface area contributed by atoms with E-state index in [9.17, 15) is 35.5 Å². The fourth-order valence-corrected chi connectivity index (χ4v) is 4.35. The Kier molecular flexibility index (Phi) is 7.31. The van der Waals surface area contributed by atoms with Gasteiger partial charge in [-0.05, 0) is 74.3 Å². The molecule has 1 aliphatic rings. The lowest BCUT2D eigenvalue weighted by Gasteiger charge is -2.39. The average molecular weight is 490 g/mol. The molecular weight excluding hydrogens is 465 g/mol. The Bertz CT molecular complexity index is 977. The first-order chi connectivity index (χ1) is 15.7. The van der Waals surface area contributed by atoms with Gasteiger partial charge < -0.3 is 10.2 Å². The van der Waals surface area contributed by atoms with Crippen molar-refractivity contribution >= 4 is 5.91 Å². The third kappa shape index (κ3) is 5.71. The van der Waals surface area contributed by atoms with Gasteiger partial charge in [-0.2, -0.15) is 26.3 Å². The molecule has 1 atom stereocenters. The van der Waals surface area contributed by atoms with E-state index >= 15 is 0 Å². The van der Waals surface area contributed by atoms with Crippen LogP contribution in [0.15, 0.2) is 42.5 Å². The van der Waals surface area contributed by atoms with Crippen molar-refractivity contribution in [2.45, 2.75) is 50.0 Å². The number of benzene rings is 2. The standard InChI is InChI=1S/C24H25F7N2O/c1-15(16-11-18(23(26,27)28)13-19(12-16)24(29,30)31)33(2)21(34)14-22(7-9-32-10-8-22)17-3-5-20(25)6-4-17/h3-6,11-13,15,32H,7-10,14H2,1-2H3/t15-/m0/s1. The first-order valence-corrected chi connectivity index (χ1v) is 10.7. The summed E-state index contributed by atoms with van der Waals surface area (Å²) in [5, 5.41) is 3.20. The number of halogens is 7. The second-order valence-corrected chi connectivity index (χ2v) is 8.73. The van der Waals surface area contributed by atoms with Crippen molar-refractivity contribution in [1.82, 2.24) is 10.2 Å². The van der Waals surface area contributed by atoms with Crippen LogP contribution in [-0.2, 0) is 22.6 Å². The van der Waals surface area contributed by atoms with Gasteiger partial charge in [-0.25, -0.2) is 4.39 Å². The molecular formula is C24H25F7N2O. The van der Waals surface area contributed by atoms with Gasteiger partial charge in [0.15, 0.2) is 0 Å². The van der Waals surface area contributed by atoms with Crippen molar-refractivity contribution < 1.29 is 35.5 Å². The maximum atomic E-state index is 13.4. The normalized spacial score (nSPS) is 17.3. The highest BCUT2D eigenvalue weighted by Gasteiger charge is 2.39. The van der Waals surface area contributed by atoms with Crippen LogP contribution in [0.25, 0.3) is 0 Å². The highest BCUT2D eigenvalue weighted by Crippen LogP contribution is 2.40. The number of carbonyl (C=O) groups is 1. The molecule has 3 rings (SSSR count). The molecule has 0 radical (unpaired) electrons. The van der Waals surface area contributed by atoms with Crippen molar-refractivity contribution in [1.29, 1.82) is 0 Å². The molecule has 1 amide bonds. The van der Waals surface area contributed by atoms with E-state index < -0.39 is 46.7 Å². The van der Waals surface area contributed by atoms with Crippen LogP contribution in [0.4, 0.5) is 30.7 Å². The molecule has 1 saturated heterocycles. The largest absolute Gasteiger partial charge is 0.416 e. The monoisotopic (exact) mass is 490 g/mol. The van der Waals surface area contributed by atoms with Crippen molar-refractivity contribution in [2.75, 3.05) is 20.1 Å². The molecule has 0 aliphatic carbocycles. The van der Waals surface area contributed by atoms with Crippen LogP contribution in [0.2, 0.25) is 0 Å². The van der Waals surface area contributed by atoms with E-state index in [-0.39, 0.29) is 18.1 Å². The molecule has 1 fully saturated rings. The number of piperidine rings is 1. The van der Waals surface area contributed by atoms with Gasteiger partial charge in [-0.1, -0.05) is 12.1 Å². The van der Waals surface area contributed by atoms with Crippen LogP contribution in [0.1, 0.15) is 54.5 Å². The van der Waals surface area contributed by atoms with E-state index in [4.69, 9.17) is 0 Å². The zero-order valence-electron chi connectivity index (χ0n) is 18.7. The summed E-state index contributed by atoms with van der Waals surface area (Å²) in [6.45, 7) is 2.62. The smallest absolute Gasteiger partial charge is 0.339 e. The van der Waals surface area contributed by atoms with Crippen molar-refractivity contribution in [3.05, 3.63) is 70.5 Å². The lowest BCUT2D eigenvalue weighted by Crippen LogP contribution is -2.44. The van der Waals surface area contributed by atoms with E-state index in [1.165, 1.54) is 31.0 Å². The highest BCUT2D eigenvalue weighted by molar-refractivity contribution is 5.78. The molecule has 0 unspecified atom stereocenters. The summed E-state index contributed by atoms with van der Waals surface area (Å²) in [7, 11) is 1.36. The molecule has 1 N–H and O–H groups in total. The number of hydrogen-bond donors (Lipinski definition) is 1. The number of nitrogens with zero attached hydrogens (tertiary/aromatic N) is 1. The summed E-state index contributed by atoms with van der Waals surface area (Å²) in [6, 6.07) is 6.14. The number of rotatable bonds is 5. The van der Waals surface area contributed by atoms with Gasteiger partial charge in [0.05, 0.1) is 17.2 Å². The molecule has 0 spiro atoms. The van der Waals surface area contributed by atoms with Crippen LogP contribution in [-0.4, -0.2) is 30.9 Å². The average Bonchev–Trinajstić information content (AvgIpc) is 2.77. The third-order valence-electron chi connectivity index (χ3n) is 6.57. The molecule has 2 aromatic rings. The van der Waals surface area contributed by atoms with Crippen molar-refractivity contribution in [2.24, 2.45) is 0 Å². The van der Waals surface area contributed by atoms with Crippen molar-refractivity contribution in [3.8, 4) is 0 Å². The minimum absolute atomic E-state index is 0.00770. The zero-order chi connectivity index (χ0) is 25.3. The Labute approximate surface area is 192 Å². The van der Waals surface area contributed by atoms with Gasteiger partial charge in [0, 0.05) is 18.9 Å². The number of alkyl halides is 6. The predicted octanol–water partition coefficient (Wildman–Crippen LogP) is 6.09. The van der Waals surface area contributed by atoms with E-state index in [1.54, 1.807) is 12.1 Å². The van der Waals surface area contributed by atoms with Crippen LogP contribution in [0.3, 0.4) is 0 Å². The lowest BCUT2D eigenvalue weighted by molar-refractivity contribution is -0.143. The molecule has 1 heterocycles. The molecule has 0 aromatic heterocycles. The Balaban J connectivity index is 1.90. The first kappa shape index (κ1) is 26.0. The van der Waals surface area contributed by atoms with Gasteiger partial charge in [0.2, 0.25) is 5.91 Å². The summed E-state index contributed by atoms with van der Waals surface area (Å²) >= 11 is 0. The maximum Gasteiger partial charge on any atom is 0.416 e. The predicted molar refractivity (Wildman–Crippen MR) is 112 cm³/mol. The Morgan fingerprint density at radius 3 is 1.94 bits per heavy atom.